The molecule has 12 heteroatoms. The maximum absolute atomic E-state index is 14.9. The Labute approximate surface area is 221 Å². The number of hydrogen-bond acceptors (Lipinski definition) is 5. The summed E-state index contributed by atoms with van der Waals surface area (Å²) >= 11 is 0. The number of aryl methyl sites for hydroxylation is 2. The van der Waals surface area contributed by atoms with E-state index in [1.807, 2.05) is 0 Å². The van der Waals surface area contributed by atoms with Crippen molar-refractivity contribution >= 4 is 23.6 Å². The average Bonchev–Trinajstić information content (AvgIpc) is 2.88. The van der Waals surface area contributed by atoms with E-state index in [4.69, 9.17) is 10.8 Å². The molecule has 4 N–H and O–H groups in total. The lowest BCUT2D eigenvalue weighted by molar-refractivity contribution is -0.138. The number of anilines is 2. The standard InChI is InChI=1S/C27H27F4N5O3/c28-21-13-19(17-9-11-36(12-10-17)26(38)39)6-8-23(21)35-25-33-15-20(27(29,30)31)22(34-25)7-5-16-3-1-2-4-18(16)14-24(32)37/h1-4,6,8,13,15,17H,5,7,9-12,14H2,(H2,32,37)(H,38,39)(H,33,34,35). The van der Waals surface area contributed by atoms with E-state index in [2.05, 4.69) is 15.3 Å². The van der Waals surface area contributed by atoms with Gasteiger partial charge in [0.05, 0.1) is 23.4 Å². The first-order valence-corrected chi connectivity index (χ1v) is 12.3. The summed E-state index contributed by atoms with van der Waals surface area (Å²) in [5.74, 6) is -1.37. The van der Waals surface area contributed by atoms with E-state index in [-0.39, 0.29) is 42.5 Å². The van der Waals surface area contributed by atoms with Gasteiger partial charge in [-0.2, -0.15) is 13.2 Å². The number of nitrogens with one attached hydrogen (secondary N) is 1. The third-order valence-corrected chi connectivity index (χ3v) is 6.76. The molecule has 0 bridgehead atoms. The molecule has 39 heavy (non-hydrogen) atoms. The Kier molecular flexibility index (Phi) is 8.32. The summed E-state index contributed by atoms with van der Waals surface area (Å²) in [4.78, 5) is 31.6. The maximum Gasteiger partial charge on any atom is 0.419 e. The number of nitrogens with zero attached hydrogens (tertiary/aromatic N) is 3. The first-order valence-electron chi connectivity index (χ1n) is 12.3. The summed E-state index contributed by atoms with van der Waals surface area (Å²) < 4.78 is 56.0. The summed E-state index contributed by atoms with van der Waals surface area (Å²) in [6.45, 7) is 0.716. The van der Waals surface area contributed by atoms with Crippen molar-refractivity contribution in [3.05, 3.63) is 82.4 Å². The van der Waals surface area contributed by atoms with Gasteiger partial charge in [0.2, 0.25) is 11.9 Å². The van der Waals surface area contributed by atoms with Crippen molar-refractivity contribution in [1.29, 1.82) is 0 Å². The number of carbonyl (C=O) groups excluding carboxylic acids is 1. The topological polar surface area (TPSA) is 121 Å². The number of aromatic nitrogens is 2. The summed E-state index contributed by atoms with van der Waals surface area (Å²) in [6.07, 6.45) is -3.84. The lowest BCUT2D eigenvalue weighted by Gasteiger charge is -2.30. The van der Waals surface area contributed by atoms with Gasteiger partial charge in [-0.1, -0.05) is 30.3 Å². The number of carboxylic acid groups (broad SMARTS) is 1. The van der Waals surface area contributed by atoms with Gasteiger partial charge in [-0.3, -0.25) is 4.79 Å². The highest BCUT2D eigenvalue weighted by Crippen LogP contribution is 2.33. The minimum absolute atomic E-state index is 0.000709. The van der Waals surface area contributed by atoms with Crippen LogP contribution in [0, 0.1) is 5.82 Å². The van der Waals surface area contributed by atoms with Gasteiger partial charge in [0.1, 0.15) is 5.82 Å². The molecule has 3 aromatic rings. The molecule has 0 radical (unpaired) electrons. The molecule has 4 rings (SSSR count). The van der Waals surface area contributed by atoms with Crippen LogP contribution in [0.25, 0.3) is 0 Å². The predicted molar refractivity (Wildman–Crippen MR) is 135 cm³/mol. The molecule has 1 saturated heterocycles. The number of nitrogens with two attached hydrogens (primary N) is 1. The Bertz CT molecular complexity index is 1360. The van der Waals surface area contributed by atoms with Crippen LogP contribution in [0.4, 0.5) is 34.0 Å². The molecule has 0 atom stereocenters. The van der Waals surface area contributed by atoms with Crippen LogP contribution in [0.2, 0.25) is 0 Å². The molecule has 0 unspecified atom stereocenters. The number of benzene rings is 2. The molecule has 8 nitrogen and oxygen atoms in total. The van der Waals surface area contributed by atoms with Crippen LogP contribution in [-0.4, -0.2) is 45.1 Å². The summed E-state index contributed by atoms with van der Waals surface area (Å²) in [6, 6.07) is 11.4. The van der Waals surface area contributed by atoms with Gasteiger partial charge >= 0.3 is 12.3 Å². The van der Waals surface area contributed by atoms with E-state index in [1.54, 1.807) is 30.3 Å². The van der Waals surface area contributed by atoms with E-state index in [0.29, 0.717) is 48.8 Å². The average molecular weight is 546 g/mol. The quantitative estimate of drug-likeness (QED) is 0.341. The highest BCUT2D eigenvalue weighted by molar-refractivity contribution is 5.77. The van der Waals surface area contributed by atoms with E-state index in [0.717, 1.165) is 0 Å². The molecule has 2 aromatic carbocycles. The lowest BCUT2D eigenvalue weighted by Crippen LogP contribution is -2.36. The number of piperidine rings is 1. The van der Waals surface area contributed by atoms with Gasteiger partial charge in [-0.25, -0.2) is 19.2 Å². The molecular formula is C27H27F4N5O3. The third kappa shape index (κ3) is 7.01. The highest BCUT2D eigenvalue weighted by Gasteiger charge is 2.35. The minimum Gasteiger partial charge on any atom is -0.465 e. The second-order valence-electron chi connectivity index (χ2n) is 9.37. The fourth-order valence-electron chi connectivity index (χ4n) is 4.73. The fraction of sp³-hybridized carbons (Fsp3) is 0.333. The van der Waals surface area contributed by atoms with Gasteiger partial charge in [-0.05, 0) is 60.4 Å². The normalized spacial score (nSPS) is 14.3. The Morgan fingerprint density at radius 2 is 1.77 bits per heavy atom. The van der Waals surface area contributed by atoms with Gasteiger partial charge in [0.25, 0.3) is 0 Å². The lowest BCUT2D eigenvalue weighted by atomic mass is 9.89. The molecule has 1 aliphatic rings. The number of alkyl halides is 3. The predicted octanol–water partition coefficient (Wildman–Crippen LogP) is 5.05. The van der Waals surface area contributed by atoms with Crippen molar-refractivity contribution in [2.45, 2.75) is 44.2 Å². The molecule has 0 aliphatic carbocycles. The molecule has 0 saturated carbocycles. The first kappa shape index (κ1) is 27.8. The van der Waals surface area contributed by atoms with Crippen molar-refractivity contribution in [2.24, 2.45) is 5.73 Å². The number of rotatable bonds is 8. The van der Waals surface area contributed by atoms with Crippen LogP contribution in [-0.2, 0) is 30.2 Å². The summed E-state index contributed by atoms with van der Waals surface area (Å²) in [5, 5.41) is 11.8. The Morgan fingerprint density at radius 1 is 1.08 bits per heavy atom. The van der Waals surface area contributed by atoms with E-state index < -0.39 is 29.6 Å². The maximum atomic E-state index is 14.9. The third-order valence-electron chi connectivity index (χ3n) is 6.76. The van der Waals surface area contributed by atoms with Crippen molar-refractivity contribution in [3.8, 4) is 0 Å². The molecular weight excluding hydrogens is 518 g/mol. The van der Waals surface area contributed by atoms with Gasteiger partial charge < -0.3 is 21.1 Å². The van der Waals surface area contributed by atoms with Crippen molar-refractivity contribution in [3.63, 3.8) is 0 Å². The molecule has 2 heterocycles. The second kappa shape index (κ2) is 11.7. The molecule has 2 amide bonds. The van der Waals surface area contributed by atoms with E-state index >= 15 is 0 Å². The largest absolute Gasteiger partial charge is 0.465 e. The van der Waals surface area contributed by atoms with Crippen LogP contribution in [0.15, 0.2) is 48.7 Å². The molecule has 0 spiro atoms. The van der Waals surface area contributed by atoms with Gasteiger partial charge in [-0.15, -0.1) is 0 Å². The van der Waals surface area contributed by atoms with E-state index in [9.17, 15) is 27.2 Å². The second-order valence-corrected chi connectivity index (χ2v) is 9.37. The molecule has 1 aliphatic heterocycles. The molecule has 1 fully saturated rings. The number of primary amides is 1. The Morgan fingerprint density at radius 3 is 2.38 bits per heavy atom. The molecule has 1 aromatic heterocycles. The Balaban J connectivity index is 1.51. The summed E-state index contributed by atoms with van der Waals surface area (Å²) in [5.41, 5.74) is 6.04. The smallest absolute Gasteiger partial charge is 0.419 e. The van der Waals surface area contributed by atoms with Crippen molar-refractivity contribution in [1.82, 2.24) is 14.9 Å². The van der Waals surface area contributed by atoms with E-state index in [1.165, 1.54) is 17.0 Å². The zero-order valence-electron chi connectivity index (χ0n) is 20.8. The number of likely N-dealkylation sites (tertiary alicyclic amines) is 1. The number of carbonyl (C=O) groups is 2. The summed E-state index contributed by atoms with van der Waals surface area (Å²) in [7, 11) is 0. The van der Waals surface area contributed by atoms with Crippen LogP contribution in [0.3, 0.4) is 0 Å². The number of hydrogen-bond donors (Lipinski definition) is 3. The van der Waals surface area contributed by atoms with Crippen LogP contribution < -0.4 is 11.1 Å². The zero-order chi connectivity index (χ0) is 28.2. The number of amides is 2. The first-order chi connectivity index (χ1) is 18.5. The minimum atomic E-state index is -4.69. The van der Waals surface area contributed by atoms with Crippen LogP contribution in [0.1, 0.15) is 46.7 Å². The SMILES string of the molecule is NC(=O)Cc1ccccc1CCc1nc(Nc2ccc(C3CCN(C(=O)O)CC3)cc2F)ncc1C(F)(F)F. The van der Waals surface area contributed by atoms with Gasteiger partial charge in [0.15, 0.2) is 0 Å². The highest BCUT2D eigenvalue weighted by atomic mass is 19.4. The fourth-order valence-corrected chi connectivity index (χ4v) is 4.73. The van der Waals surface area contributed by atoms with Crippen molar-refractivity contribution < 1.29 is 32.3 Å². The zero-order valence-corrected chi connectivity index (χ0v) is 20.8. The van der Waals surface area contributed by atoms with Crippen LogP contribution in [0.5, 0.6) is 0 Å². The van der Waals surface area contributed by atoms with Crippen LogP contribution >= 0.6 is 0 Å². The molecule has 206 valence electrons. The van der Waals surface area contributed by atoms with Gasteiger partial charge in [0, 0.05) is 19.3 Å². The monoisotopic (exact) mass is 545 g/mol. The number of halogens is 4. The Hall–Kier alpha value is -4.22. The van der Waals surface area contributed by atoms with Crippen molar-refractivity contribution in [2.75, 3.05) is 18.4 Å².